The number of aromatic nitrogens is 2. The maximum Gasteiger partial charge on any atom is 0.265 e. The second-order valence-electron chi connectivity index (χ2n) is 4.88. The molecule has 2 heterocycles. The van der Waals surface area contributed by atoms with E-state index in [1.807, 2.05) is 0 Å². The number of H-pyrrole nitrogens is 1. The van der Waals surface area contributed by atoms with Crippen LogP contribution in [0.4, 0.5) is 5.13 Å². The number of nitrogens with one attached hydrogen (secondary N) is 2. The fourth-order valence-corrected chi connectivity index (χ4v) is 2.12. The third-order valence-electron chi connectivity index (χ3n) is 2.55. The van der Waals surface area contributed by atoms with Crippen molar-refractivity contribution in [1.82, 2.24) is 9.97 Å². The Labute approximate surface area is 119 Å². The second kappa shape index (κ2) is 5.06. The van der Waals surface area contributed by atoms with Crippen LogP contribution in [0.1, 0.15) is 24.3 Å². The van der Waals surface area contributed by atoms with Crippen LogP contribution in [0.5, 0.6) is 0 Å². The molecule has 2 aromatic heterocycles. The van der Waals surface area contributed by atoms with E-state index in [2.05, 4.69) is 15.3 Å². The van der Waals surface area contributed by atoms with E-state index in [4.69, 9.17) is 11.5 Å². The van der Waals surface area contributed by atoms with Crippen LogP contribution in [-0.2, 0) is 4.79 Å². The zero-order chi connectivity index (χ0) is 14.9. The largest absolute Gasteiger partial charge is 0.364 e. The van der Waals surface area contributed by atoms with Crippen molar-refractivity contribution in [1.29, 1.82) is 0 Å². The monoisotopic (exact) mass is 293 g/mol. The van der Waals surface area contributed by atoms with Gasteiger partial charge in [0, 0.05) is 17.1 Å². The Balaban J connectivity index is 2.16. The number of anilines is 1. The van der Waals surface area contributed by atoms with Crippen LogP contribution >= 0.6 is 11.3 Å². The number of hydrogen-bond donors (Lipinski definition) is 4. The summed E-state index contributed by atoms with van der Waals surface area (Å²) in [6, 6.07) is 1.61. The third-order valence-corrected chi connectivity index (χ3v) is 3.31. The minimum absolute atomic E-state index is 0.307. The lowest BCUT2D eigenvalue weighted by molar-refractivity contribution is -0.120. The Morgan fingerprint density at radius 1 is 1.45 bits per heavy atom. The molecule has 0 aliphatic rings. The summed E-state index contributed by atoms with van der Waals surface area (Å²) in [6.07, 6.45) is 1.63. The minimum atomic E-state index is -0.973. The average Bonchev–Trinajstić information content (AvgIpc) is 2.94. The van der Waals surface area contributed by atoms with Crippen molar-refractivity contribution < 1.29 is 9.59 Å². The lowest BCUT2D eigenvalue weighted by Crippen LogP contribution is -2.45. The van der Waals surface area contributed by atoms with E-state index < -0.39 is 11.4 Å². The standard InChI is InChI=1S/C12H15N5O2S/c1-12(2,14)10(19)17-11-16-8(5-20-11)6-3-7(9(13)18)15-4-6/h3-5,15H,14H2,1-2H3,(H2,13,18)(H,16,17,19). The molecule has 0 atom stereocenters. The van der Waals surface area contributed by atoms with E-state index in [0.29, 0.717) is 16.5 Å². The molecule has 0 spiro atoms. The number of hydrogen-bond acceptors (Lipinski definition) is 5. The van der Waals surface area contributed by atoms with Crippen molar-refractivity contribution in [3.63, 3.8) is 0 Å². The predicted molar refractivity (Wildman–Crippen MR) is 77.3 cm³/mol. The highest BCUT2D eigenvalue weighted by atomic mass is 32.1. The molecule has 0 unspecified atom stereocenters. The second-order valence-corrected chi connectivity index (χ2v) is 5.74. The molecule has 2 amide bonds. The first kappa shape index (κ1) is 14.2. The van der Waals surface area contributed by atoms with Crippen molar-refractivity contribution in [2.75, 3.05) is 5.32 Å². The average molecular weight is 293 g/mol. The highest BCUT2D eigenvalue weighted by Gasteiger charge is 2.23. The lowest BCUT2D eigenvalue weighted by atomic mass is 10.1. The summed E-state index contributed by atoms with van der Waals surface area (Å²) in [5, 5.41) is 4.86. The summed E-state index contributed by atoms with van der Waals surface area (Å²) in [7, 11) is 0. The molecule has 20 heavy (non-hydrogen) atoms. The Hall–Kier alpha value is -2.19. The number of thiazole rings is 1. The first-order valence-electron chi connectivity index (χ1n) is 5.82. The van der Waals surface area contributed by atoms with Gasteiger partial charge >= 0.3 is 0 Å². The highest BCUT2D eigenvalue weighted by Crippen LogP contribution is 2.25. The molecule has 8 heteroatoms. The van der Waals surface area contributed by atoms with E-state index >= 15 is 0 Å². The molecule has 0 aliphatic heterocycles. The summed E-state index contributed by atoms with van der Waals surface area (Å²) in [4.78, 5) is 29.8. The van der Waals surface area contributed by atoms with E-state index in [0.717, 1.165) is 5.56 Å². The molecule has 7 nitrogen and oxygen atoms in total. The first-order valence-corrected chi connectivity index (χ1v) is 6.70. The molecular weight excluding hydrogens is 278 g/mol. The first-order chi connectivity index (χ1) is 9.27. The van der Waals surface area contributed by atoms with Crippen molar-refractivity contribution in [3.8, 4) is 11.3 Å². The number of nitrogens with two attached hydrogens (primary N) is 2. The van der Waals surface area contributed by atoms with Gasteiger partial charge < -0.3 is 21.8 Å². The fourth-order valence-electron chi connectivity index (χ4n) is 1.41. The summed E-state index contributed by atoms with van der Waals surface area (Å²) >= 11 is 1.28. The van der Waals surface area contributed by atoms with Gasteiger partial charge in [-0.3, -0.25) is 9.59 Å². The number of amides is 2. The number of rotatable bonds is 4. The van der Waals surface area contributed by atoms with E-state index in [1.165, 1.54) is 11.3 Å². The van der Waals surface area contributed by atoms with E-state index in [1.54, 1.807) is 31.5 Å². The quantitative estimate of drug-likeness (QED) is 0.668. The van der Waals surface area contributed by atoms with Crippen molar-refractivity contribution in [2.45, 2.75) is 19.4 Å². The van der Waals surface area contributed by atoms with Crippen LogP contribution in [0.3, 0.4) is 0 Å². The molecule has 0 aromatic carbocycles. The Kier molecular flexibility index (Phi) is 3.60. The number of aromatic amines is 1. The number of primary amides is 1. The van der Waals surface area contributed by atoms with E-state index in [9.17, 15) is 9.59 Å². The summed E-state index contributed by atoms with van der Waals surface area (Å²) in [5.74, 6) is -0.852. The van der Waals surface area contributed by atoms with Gasteiger partial charge in [0.25, 0.3) is 5.91 Å². The van der Waals surface area contributed by atoms with Crippen LogP contribution in [0.2, 0.25) is 0 Å². The van der Waals surface area contributed by atoms with Crippen molar-refractivity contribution >= 4 is 28.3 Å². The molecule has 6 N–H and O–H groups in total. The van der Waals surface area contributed by atoms with Gasteiger partial charge in [0.15, 0.2) is 5.13 Å². The van der Waals surface area contributed by atoms with Crippen LogP contribution in [0, 0.1) is 0 Å². The molecule has 106 valence electrons. The summed E-state index contributed by atoms with van der Waals surface area (Å²) < 4.78 is 0. The number of carbonyl (C=O) groups excluding carboxylic acids is 2. The molecule has 0 bridgehead atoms. The van der Waals surface area contributed by atoms with Crippen molar-refractivity contribution in [3.05, 3.63) is 23.3 Å². The number of carbonyl (C=O) groups is 2. The Morgan fingerprint density at radius 3 is 2.70 bits per heavy atom. The Bertz CT molecular complexity index is 653. The molecule has 0 fully saturated rings. The lowest BCUT2D eigenvalue weighted by Gasteiger charge is -2.16. The van der Waals surface area contributed by atoms with Gasteiger partial charge in [-0.05, 0) is 19.9 Å². The van der Waals surface area contributed by atoms with Gasteiger partial charge in [-0.2, -0.15) is 0 Å². The SMILES string of the molecule is CC(C)(N)C(=O)Nc1nc(-c2c[nH]c(C(N)=O)c2)cs1. The van der Waals surface area contributed by atoms with Crippen LogP contribution in [0.15, 0.2) is 17.6 Å². The summed E-state index contributed by atoms with van der Waals surface area (Å²) in [5.41, 5.74) is 11.6. The van der Waals surface area contributed by atoms with Gasteiger partial charge in [0.2, 0.25) is 5.91 Å². The molecule has 0 aliphatic carbocycles. The molecule has 2 aromatic rings. The Morgan fingerprint density at radius 2 is 2.15 bits per heavy atom. The molecular formula is C12H15N5O2S. The molecule has 0 saturated heterocycles. The van der Waals surface area contributed by atoms with Crippen LogP contribution in [0.25, 0.3) is 11.3 Å². The van der Waals surface area contributed by atoms with Crippen LogP contribution < -0.4 is 16.8 Å². The van der Waals surface area contributed by atoms with Gasteiger partial charge in [-0.1, -0.05) is 0 Å². The smallest absolute Gasteiger partial charge is 0.265 e. The zero-order valence-electron chi connectivity index (χ0n) is 11.1. The van der Waals surface area contributed by atoms with Gasteiger partial charge in [0.05, 0.1) is 11.2 Å². The van der Waals surface area contributed by atoms with Crippen molar-refractivity contribution in [2.24, 2.45) is 11.5 Å². The molecule has 0 radical (unpaired) electrons. The van der Waals surface area contributed by atoms with Gasteiger partial charge in [-0.25, -0.2) is 4.98 Å². The minimum Gasteiger partial charge on any atom is -0.364 e. The maximum absolute atomic E-state index is 11.7. The topological polar surface area (TPSA) is 127 Å². The number of nitrogens with zero attached hydrogens (tertiary/aromatic N) is 1. The third kappa shape index (κ3) is 3.03. The molecule has 0 saturated carbocycles. The maximum atomic E-state index is 11.7. The normalized spacial score (nSPS) is 11.3. The fraction of sp³-hybridized carbons (Fsp3) is 0.250. The summed E-state index contributed by atoms with van der Waals surface area (Å²) in [6.45, 7) is 3.23. The van der Waals surface area contributed by atoms with Crippen LogP contribution in [-0.4, -0.2) is 27.3 Å². The highest BCUT2D eigenvalue weighted by molar-refractivity contribution is 7.14. The molecule has 2 rings (SSSR count). The van der Waals surface area contributed by atoms with Gasteiger partial charge in [-0.15, -0.1) is 11.3 Å². The zero-order valence-corrected chi connectivity index (χ0v) is 11.9. The predicted octanol–water partition coefficient (Wildman–Crippen LogP) is 0.913. The van der Waals surface area contributed by atoms with Gasteiger partial charge in [0.1, 0.15) is 5.69 Å². The van der Waals surface area contributed by atoms with E-state index in [-0.39, 0.29) is 5.91 Å².